The second kappa shape index (κ2) is 4.06. The summed E-state index contributed by atoms with van der Waals surface area (Å²) in [5.74, 6) is 0. The molecule has 4 aromatic rings. The van der Waals surface area contributed by atoms with Gasteiger partial charge in [-0.1, -0.05) is 18.2 Å². The number of aromatic nitrogens is 3. The molecule has 2 N–H and O–H groups in total. The van der Waals surface area contributed by atoms with Gasteiger partial charge in [0.05, 0.1) is 22.4 Å². The molecule has 0 fully saturated rings. The van der Waals surface area contributed by atoms with Gasteiger partial charge in [-0.05, 0) is 24.3 Å². The number of nitrogens with zero attached hydrogens (tertiary/aromatic N) is 3. The van der Waals surface area contributed by atoms with E-state index in [9.17, 15) is 0 Å². The Morgan fingerprint density at radius 2 is 1.90 bits per heavy atom. The number of pyridine rings is 1. The highest BCUT2D eigenvalue weighted by Gasteiger charge is 2.09. The van der Waals surface area contributed by atoms with Crippen molar-refractivity contribution in [3.63, 3.8) is 0 Å². The number of nitrogens with two attached hydrogens (primary N) is 1. The molecule has 0 aliphatic carbocycles. The first-order valence-corrected chi connectivity index (χ1v) is 6.39. The van der Waals surface area contributed by atoms with Crippen molar-refractivity contribution in [2.75, 3.05) is 5.73 Å². The molecule has 4 rings (SSSR count). The highest BCUT2D eigenvalue weighted by molar-refractivity contribution is 5.97. The number of fused-ring (bicyclic) bond motifs is 2. The maximum Gasteiger partial charge on any atom is 0.100 e. The lowest BCUT2D eigenvalue weighted by Gasteiger charge is -2.10. The Morgan fingerprint density at radius 3 is 2.85 bits per heavy atom. The summed E-state index contributed by atoms with van der Waals surface area (Å²) in [7, 11) is 0. The van der Waals surface area contributed by atoms with Gasteiger partial charge in [0.2, 0.25) is 0 Å². The highest BCUT2D eigenvalue weighted by atomic mass is 15.1. The largest absolute Gasteiger partial charge is 0.397 e. The topological polar surface area (TPSA) is 56.7 Å². The van der Waals surface area contributed by atoms with Gasteiger partial charge in [0.15, 0.2) is 0 Å². The lowest BCUT2D eigenvalue weighted by molar-refractivity contribution is 1.10. The Balaban J connectivity index is 2.05. The van der Waals surface area contributed by atoms with Crippen LogP contribution >= 0.6 is 0 Å². The van der Waals surface area contributed by atoms with E-state index < -0.39 is 0 Å². The molecule has 4 heteroatoms. The van der Waals surface area contributed by atoms with Crippen molar-refractivity contribution in [3.8, 4) is 5.69 Å². The Morgan fingerprint density at radius 1 is 1.00 bits per heavy atom. The fourth-order valence-corrected chi connectivity index (χ4v) is 2.54. The summed E-state index contributed by atoms with van der Waals surface area (Å²) >= 11 is 0. The Kier molecular flexibility index (Phi) is 2.23. The van der Waals surface area contributed by atoms with Crippen LogP contribution in [0.5, 0.6) is 0 Å². The minimum Gasteiger partial charge on any atom is -0.397 e. The van der Waals surface area contributed by atoms with Crippen molar-refractivity contribution in [3.05, 3.63) is 61.2 Å². The van der Waals surface area contributed by atoms with Crippen LogP contribution in [0.3, 0.4) is 0 Å². The number of nitrogen functional groups attached to an aromatic ring is 1. The van der Waals surface area contributed by atoms with Gasteiger partial charge in [-0.25, -0.2) is 4.98 Å². The molecule has 0 atom stereocenters. The molecule has 0 saturated heterocycles. The molecule has 2 aromatic heterocycles. The predicted octanol–water partition coefficient (Wildman–Crippen LogP) is 3.16. The summed E-state index contributed by atoms with van der Waals surface area (Å²) in [4.78, 5) is 8.53. The van der Waals surface area contributed by atoms with Crippen LogP contribution in [0.25, 0.3) is 27.5 Å². The number of imidazole rings is 1. The van der Waals surface area contributed by atoms with Gasteiger partial charge in [0, 0.05) is 23.2 Å². The molecular weight excluding hydrogens is 248 g/mol. The highest BCUT2D eigenvalue weighted by Crippen LogP contribution is 2.29. The number of hydrogen-bond acceptors (Lipinski definition) is 3. The van der Waals surface area contributed by atoms with E-state index in [1.54, 1.807) is 6.20 Å². The first-order valence-electron chi connectivity index (χ1n) is 6.39. The quantitative estimate of drug-likeness (QED) is 0.535. The maximum absolute atomic E-state index is 6.32. The minimum atomic E-state index is 0.744. The Hall–Kier alpha value is -2.88. The van der Waals surface area contributed by atoms with Gasteiger partial charge in [0.1, 0.15) is 6.33 Å². The van der Waals surface area contributed by atoms with Crippen molar-refractivity contribution in [1.29, 1.82) is 0 Å². The fourth-order valence-electron chi connectivity index (χ4n) is 2.54. The first-order chi connectivity index (χ1) is 9.84. The van der Waals surface area contributed by atoms with Crippen molar-refractivity contribution in [2.45, 2.75) is 0 Å². The SMILES string of the molecule is Nc1c(-n2cnc3ccccc32)ccc2cnccc12. The Bertz CT molecular complexity index is 924. The third kappa shape index (κ3) is 1.48. The number of anilines is 1. The molecule has 0 aliphatic heterocycles. The van der Waals surface area contributed by atoms with Gasteiger partial charge < -0.3 is 5.73 Å². The molecule has 2 heterocycles. The molecule has 0 spiro atoms. The summed E-state index contributed by atoms with van der Waals surface area (Å²) in [6, 6.07) is 14.0. The summed E-state index contributed by atoms with van der Waals surface area (Å²) in [5, 5.41) is 2.05. The summed E-state index contributed by atoms with van der Waals surface area (Å²) in [6.07, 6.45) is 5.39. The molecule has 0 aliphatic rings. The van der Waals surface area contributed by atoms with Crippen molar-refractivity contribution >= 4 is 27.5 Å². The lowest BCUT2D eigenvalue weighted by atomic mass is 10.1. The van der Waals surface area contributed by atoms with Gasteiger partial charge in [-0.3, -0.25) is 9.55 Å². The molecule has 20 heavy (non-hydrogen) atoms. The van der Waals surface area contributed by atoms with Crippen molar-refractivity contribution in [1.82, 2.24) is 14.5 Å². The van der Waals surface area contributed by atoms with Crippen LogP contribution in [0.1, 0.15) is 0 Å². The van der Waals surface area contributed by atoms with E-state index in [1.165, 1.54) is 0 Å². The average molecular weight is 260 g/mol. The zero-order valence-corrected chi connectivity index (χ0v) is 10.7. The van der Waals surface area contributed by atoms with Crippen LogP contribution in [0, 0.1) is 0 Å². The molecule has 0 bridgehead atoms. The zero-order chi connectivity index (χ0) is 13.5. The third-order valence-corrected chi connectivity index (χ3v) is 3.55. The van der Waals surface area contributed by atoms with Crippen LogP contribution in [-0.2, 0) is 0 Å². The van der Waals surface area contributed by atoms with Gasteiger partial charge >= 0.3 is 0 Å². The Labute approximate surface area is 115 Å². The van der Waals surface area contributed by atoms with E-state index in [0.717, 1.165) is 33.2 Å². The van der Waals surface area contributed by atoms with Crippen LogP contribution in [0.15, 0.2) is 61.2 Å². The van der Waals surface area contributed by atoms with E-state index >= 15 is 0 Å². The van der Waals surface area contributed by atoms with Gasteiger partial charge in [0.25, 0.3) is 0 Å². The van der Waals surface area contributed by atoms with Crippen molar-refractivity contribution < 1.29 is 0 Å². The third-order valence-electron chi connectivity index (χ3n) is 3.55. The molecule has 0 unspecified atom stereocenters. The molecule has 4 nitrogen and oxygen atoms in total. The van der Waals surface area contributed by atoms with Crippen LogP contribution in [0.2, 0.25) is 0 Å². The minimum absolute atomic E-state index is 0.744. The van der Waals surface area contributed by atoms with Crippen molar-refractivity contribution in [2.24, 2.45) is 0 Å². The molecule has 2 aromatic carbocycles. The lowest BCUT2D eigenvalue weighted by Crippen LogP contribution is -1.99. The summed E-state index contributed by atoms with van der Waals surface area (Å²) in [6.45, 7) is 0. The number of rotatable bonds is 1. The second-order valence-corrected chi connectivity index (χ2v) is 4.70. The molecule has 0 radical (unpaired) electrons. The van der Waals surface area contributed by atoms with E-state index in [0.29, 0.717) is 0 Å². The normalized spacial score (nSPS) is 11.2. The summed E-state index contributed by atoms with van der Waals surface area (Å²) < 4.78 is 2.02. The monoisotopic (exact) mass is 260 g/mol. The van der Waals surface area contributed by atoms with Gasteiger partial charge in [-0.2, -0.15) is 0 Å². The second-order valence-electron chi connectivity index (χ2n) is 4.70. The van der Waals surface area contributed by atoms with Gasteiger partial charge in [-0.15, -0.1) is 0 Å². The molecule has 96 valence electrons. The number of hydrogen-bond donors (Lipinski definition) is 1. The molecular formula is C16H12N4. The van der Waals surface area contributed by atoms with E-state index in [-0.39, 0.29) is 0 Å². The molecule has 0 amide bonds. The smallest absolute Gasteiger partial charge is 0.100 e. The maximum atomic E-state index is 6.32. The van der Waals surface area contributed by atoms with Crippen LogP contribution in [-0.4, -0.2) is 14.5 Å². The van der Waals surface area contributed by atoms with E-state index in [2.05, 4.69) is 9.97 Å². The standard InChI is InChI=1S/C16H12N4/c17-16-12-7-8-18-9-11(12)5-6-15(16)20-10-19-13-3-1-2-4-14(13)20/h1-10H,17H2. The molecule has 0 saturated carbocycles. The zero-order valence-electron chi connectivity index (χ0n) is 10.7. The number of para-hydroxylation sites is 2. The van der Waals surface area contributed by atoms with E-state index in [1.807, 2.05) is 59.6 Å². The average Bonchev–Trinajstić information content (AvgIpc) is 2.92. The first kappa shape index (κ1) is 11.0. The predicted molar refractivity (Wildman–Crippen MR) is 80.8 cm³/mol. The van der Waals surface area contributed by atoms with Crippen LogP contribution < -0.4 is 5.73 Å². The summed E-state index contributed by atoms with van der Waals surface area (Å²) in [5.41, 5.74) is 10.0. The van der Waals surface area contributed by atoms with Crippen LogP contribution in [0.4, 0.5) is 5.69 Å². The van der Waals surface area contributed by atoms with E-state index in [4.69, 9.17) is 5.73 Å². The fraction of sp³-hybridized carbons (Fsp3) is 0. The number of benzene rings is 2.